The third-order valence-corrected chi connectivity index (χ3v) is 2.98. The van der Waals surface area contributed by atoms with Crippen molar-refractivity contribution in [1.29, 1.82) is 0 Å². The summed E-state index contributed by atoms with van der Waals surface area (Å²) >= 11 is 0. The van der Waals surface area contributed by atoms with Gasteiger partial charge in [0.05, 0.1) is 12.6 Å². The molecule has 1 atom stereocenters. The van der Waals surface area contributed by atoms with E-state index in [1.807, 2.05) is 19.1 Å². The molecule has 0 heterocycles. The van der Waals surface area contributed by atoms with Crippen LogP contribution in [0.3, 0.4) is 0 Å². The second kappa shape index (κ2) is 11.6. The van der Waals surface area contributed by atoms with Crippen molar-refractivity contribution in [3.05, 3.63) is 29.8 Å². The topological polar surface area (TPSA) is 45.7 Å². The van der Waals surface area contributed by atoms with Gasteiger partial charge in [-0.05, 0) is 44.4 Å². The molecule has 4 nitrogen and oxygen atoms in total. The molecule has 22 heavy (non-hydrogen) atoms. The third kappa shape index (κ3) is 7.87. The largest absolute Gasteiger partial charge is 0.493 e. The van der Waals surface area contributed by atoms with Crippen LogP contribution in [-0.4, -0.2) is 25.7 Å². The Labute approximate surface area is 152 Å². The molecule has 0 spiro atoms. The number of hydrogen-bond donors (Lipinski definition) is 2. The van der Waals surface area contributed by atoms with E-state index >= 15 is 0 Å². The summed E-state index contributed by atoms with van der Waals surface area (Å²) in [4.78, 5) is 4.42. The molecule has 0 radical (unpaired) electrons. The van der Waals surface area contributed by atoms with Crippen molar-refractivity contribution in [2.45, 2.75) is 40.7 Å². The molecule has 2 N–H and O–H groups in total. The summed E-state index contributed by atoms with van der Waals surface area (Å²) in [6.07, 6.45) is 0. The molecular formula is C17H30IN3O. The first-order valence-corrected chi connectivity index (χ1v) is 7.84. The van der Waals surface area contributed by atoms with Gasteiger partial charge in [0.1, 0.15) is 5.75 Å². The highest BCUT2D eigenvalue weighted by molar-refractivity contribution is 14.0. The molecule has 0 saturated heterocycles. The molecule has 0 aromatic heterocycles. The Morgan fingerprint density at radius 2 is 1.77 bits per heavy atom. The van der Waals surface area contributed by atoms with Crippen molar-refractivity contribution in [3.63, 3.8) is 0 Å². The molecule has 1 aromatic carbocycles. The van der Waals surface area contributed by atoms with Gasteiger partial charge in [0.25, 0.3) is 0 Å². The van der Waals surface area contributed by atoms with Gasteiger partial charge in [-0.1, -0.05) is 26.0 Å². The van der Waals surface area contributed by atoms with Gasteiger partial charge in [-0.3, -0.25) is 4.99 Å². The molecule has 0 bridgehead atoms. The van der Waals surface area contributed by atoms with Gasteiger partial charge in [0.2, 0.25) is 0 Å². The van der Waals surface area contributed by atoms with Gasteiger partial charge < -0.3 is 15.4 Å². The fourth-order valence-corrected chi connectivity index (χ4v) is 1.88. The summed E-state index contributed by atoms with van der Waals surface area (Å²) in [5, 5.41) is 6.65. The average Bonchev–Trinajstić information content (AvgIpc) is 2.46. The zero-order valence-corrected chi connectivity index (χ0v) is 16.7. The Kier molecular flexibility index (Phi) is 11.1. The Bertz CT molecular complexity index is 432. The number of rotatable bonds is 7. The van der Waals surface area contributed by atoms with E-state index in [0.29, 0.717) is 5.92 Å². The molecule has 0 amide bonds. The standard InChI is InChI=1S/C17H29N3O.HI/c1-6-18-17(19-7-2)20-14(5)15-8-10-16(11-9-15)21-12-13(3)4;/h8-11,13-14H,6-7,12H2,1-5H3,(H2,18,19,20);1H. The lowest BCUT2D eigenvalue weighted by Crippen LogP contribution is -2.38. The van der Waals surface area contributed by atoms with Crippen LogP contribution in [0.5, 0.6) is 5.75 Å². The van der Waals surface area contributed by atoms with Gasteiger partial charge in [-0.15, -0.1) is 24.0 Å². The number of nitrogens with zero attached hydrogens (tertiary/aromatic N) is 1. The van der Waals surface area contributed by atoms with Crippen LogP contribution in [0.2, 0.25) is 0 Å². The molecule has 5 heteroatoms. The van der Waals surface area contributed by atoms with Crippen molar-refractivity contribution in [1.82, 2.24) is 10.6 Å². The van der Waals surface area contributed by atoms with E-state index in [0.717, 1.165) is 31.4 Å². The van der Waals surface area contributed by atoms with Crippen LogP contribution in [0.15, 0.2) is 29.3 Å². The SMILES string of the molecule is CCN=C(NCC)NC(C)c1ccc(OCC(C)C)cc1.I. The molecule has 1 rings (SSSR count). The summed E-state index contributed by atoms with van der Waals surface area (Å²) < 4.78 is 5.70. The molecule has 0 fully saturated rings. The van der Waals surface area contributed by atoms with Gasteiger partial charge in [0.15, 0.2) is 5.96 Å². The van der Waals surface area contributed by atoms with Crippen LogP contribution < -0.4 is 15.4 Å². The predicted octanol–water partition coefficient (Wildman–Crippen LogP) is 3.98. The van der Waals surface area contributed by atoms with Crippen molar-refractivity contribution < 1.29 is 4.74 Å². The highest BCUT2D eigenvalue weighted by Gasteiger charge is 2.07. The van der Waals surface area contributed by atoms with Crippen molar-refractivity contribution in [3.8, 4) is 5.75 Å². The summed E-state index contributed by atoms with van der Waals surface area (Å²) in [7, 11) is 0. The maximum atomic E-state index is 5.70. The van der Waals surface area contributed by atoms with E-state index in [9.17, 15) is 0 Å². The first-order chi connectivity index (χ1) is 10.1. The second-order valence-electron chi connectivity index (χ2n) is 5.49. The Hall–Kier alpha value is -0.980. The van der Waals surface area contributed by atoms with E-state index in [1.165, 1.54) is 5.56 Å². The van der Waals surface area contributed by atoms with Crippen molar-refractivity contribution in [2.75, 3.05) is 19.7 Å². The monoisotopic (exact) mass is 419 g/mol. The number of ether oxygens (including phenoxy) is 1. The summed E-state index contributed by atoms with van der Waals surface area (Å²) in [6.45, 7) is 12.9. The minimum absolute atomic E-state index is 0. The minimum atomic E-state index is 0. The average molecular weight is 419 g/mol. The van der Waals surface area contributed by atoms with E-state index in [2.05, 4.69) is 55.5 Å². The molecule has 1 unspecified atom stereocenters. The van der Waals surface area contributed by atoms with Gasteiger partial charge in [0, 0.05) is 13.1 Å². The van der Waals surface area contributed by atoms with Crippen LogP contribution in [-0.2, 0) is 0 Å². The lowest BCUT2D eigenvalue weighted by atomic mass is 10.1. The number of hydrogen-bond acceptors (Lipinski definition) is 2. The second-order valence-corrected chi connectivity index (χ2v) is 5.49. The maximum Gasteiger partial charge on any atom is 0.191 e. The highest BCUT2D eigenvalue weighted by Crippen LogP contribution is 2.18. The van der Waals surface area contributed by atoms with Crippen molar-refractivity contribution in [2.24, 2.45) is 10.9 Å². The predicted molar refractivity (Wildman–Crippen MR) is 105 cm³/mol. The van der Waals surface area contributed by atoms with E-state index in [-0.39, 0.29) is 30.0 Å². The summed E-state index contributed by atoms with van der Waals surface area (Å²) in [5.41, 5.74) is 1.22. The lowest BCUT2D eigenvalue weighted by molar-refractivity contribution is 0.271. The Balaban J connectivity index is 0.00000441. The molecule has 126 valence electrons. The van der Waals surface area contributed by atoms with E-state index in [1.54, 1.807) is 0 Å². The number of benzene rings is 1. The summed E-state index contributed by atoms with van der Waals surface area (Å²) in [5.74, 6) is 2.32. The molecule has 0 aliphatic carbocycles. The Morgan fingerprint density at radius 1 is 1.14 bits per heavy atom. The third-order valence-electron chi connectivity index (χ3n) is 2.98. The first-order valence-electron chi connectivity index (χ1n) is 7.84. The first kappa shape index (κ1) is 21.0. The molecular weight excluding hydrogens is 389 g/mol. The van der Waals surface area contributed by atoms with E-state index < -0.39 is 0 Å². The number of aliphatic imine (C=N–C) groups is 1. The molecule has 0 aliphatic heterocycles. The van der Waals surface area contributed by atoms with Gasteiger partial charge >= 0.3 is 0 Å². The fourth-order valence-electron chi connectivity index (χ4n) is 1.88. The quantitative estimate of drug-likeness (QED) is 0.399. The lowest BCUT2D eigenvalue weighted by Gasteiger charge is -2.18. The number of halogens is 1. The van der Waals surface area contributed by atoms with Crippen molar-refractivity contribution >= 4 is 29.9 Å². The smallest absolute Gasteiger partial charge is 0.191 e. The van der Waals surface area contributed by atoms with Crippen LogP contribution in [0.25, 0.3) is 0 Å². The van der Waals surface area contributed by atoms with E-state index in [4.69, 9.17) is 4.74 Å². The Morgan fingerprint density at radius 3 is 2.27 bits per heavy atom. The van der Waals surface area contributed by atoms with Crippen LogP contribution >= 0.6 is 24.0 Å². The van der Waals surface area contributed by atoms with Gasteiger partial charge in [-0.25, -0.2) is 0 Å². The summed E-state index contributed by atoms with van der Waals surface area (Å²) in [6, 6.07) is 8.46. The molecule has 1 aromatic rings. The van der Waals surface area contributed by atoms with Crippen LogP contribution in [0, 0.1) is 5.92 Å². The van der Waals surface area contributed by atoms with Crippen LogP contribution in [0.1, 0.15) is 46.2 Å². The number of nitrogens with one attached hydrogen (secondary N) is 2. The van der Waals surface area contributed by atoms with Crippen LogP contribution in [0.4, 0.5) is 0 Å². The molecule has 0 aliphatic rings. The maximum absolute atomic E-state index is 5.70. The van der Waals surface area contributed by atoms with Gasteiger partial charge in [-0.2, -0.15) is 0 Å². The number of guanidine groups is 1. The zero-order valence-electron chi connectivity index (χ0n) is 14.3. The zero-order chi connectivity index (χ0) is 15.7. The normalized spacial score (nSPS) is 12.5. The highest BCUT2D eigenvalue weighted by atomic mass is 127. The fraction of sp³-hybridized carbons (Fsp3) is 0.588. The minimum Gasteiger partial charge on any atom is -0.493 e. The molecule has 0 saturated carbocycles.